The second kappa shape index (κ2) is 23.9. The number of nitrogens with one attached hydrogen (secondary N) is 3. The molecule has 2 rings (SSSR count). The molecule has 0 aliphatic heterocycles. The molecule has 3 amide bonds. The summed E-state index contributed by atoms with van der Waals surface area (Å²) in [7, 11) is 3.06. The zero-order valence-electron chi connectivity index (χ0n) is 29.1. The number of carboxylic acid groups (broad SMARTS) is 2. The first kappa shape index (κ1) is 41.8. The molecule has 0 heterocycles. The first-order valence-electron chi connectivity index (χ1n) is 16.9. The number of rotatable bonds is 25. The van der Waals surface area contributed by atoms with Crippen molar-refractivity contribution in [3.8, 4) is 11.5 Å². The zero-order chi connectivity index (χ0) is 37.4. The molecule has 0 unspecified atom stereocenters. The van der Waals surface area contributed by atoms with Gasteiger partial charge in [-0.15, -0.1) is 0 Å². The van der Waals surface area contributed by atoms with Crippen molar-refractivity contribution in [3.05, 3.63) is 59.7 Å². The van der Waals surface area contributed by atoms with Crippen molar-refractivity contribution in [2.75, 3.05) is 20.8 Å². The Hall–Kier alpha value is -5.34. The largest absolute Gasteiger partial charge is 0.497 e. The van der Waals surface area contributed by atoms with Crippen molar-refractivity contribution in [1.82, 2.24) is 16.0 Å². The molecule has 0 aliphatic carbocycles. The van der Waals surface area contributed by atoms with Crippen LogP contribution in [-0.4, -0.2) is 78.9 Å². The molecular formula is C36H49N3O12. The predicted molar refractivity (Wildman–Crippen MR) is 184 cm³/mol. The highest BCUT2D eigenvalue weighted by atomic mass is 16.5. The van der Waals surface area contributed by atoms with E-state index in [9.17, 15) is 33.9 Å². The topological polar surface area (TPSA) is 216 Å². The number of aliphatic carboxylic acids is 2. The van der Waals surface area contributed by atoms with Gasteiger partial charge in [-0.3, -0.25) is 14.4 Å². The van der Waals surface area contributed by atoms with Gasteiger partial charge < -0.3 is 45.1 Å². The molecule has 0 bridgehead atoms. The van der Waals surface area contributed by atoms with Crippen LogP contribution in [0.3, 0.4) is 0 Å². The molecule has 0 saturated heterocycles. The summed E-state index contributed by atoms with van der Waals surface area (Å²) in [6, 6.07) is 10.2. The molecule has 280 valence electrons. The molecule has 2 aromatic carbocycles. The molecular weight excluding hydrogens is 666 g/mol. The van der Waals surface area contributed by atoms with Crippen molar-refractivity contribution in [2.45, 2.75) is 95.9 Å². The van der Waals surface area contributed by atoms with E-state index in [2.05, 4.69) is 16.0 Å². The van der Waals surface area contributed by atoms with E-state index in [1.54, 1.807) is 48.5 Å². The van der Waals surface area contributed by atoms with Gasteiger partial charge in [0.15, 0.2) is 0 Å². The average molecular weight is 716 g/mol. The molecule has 0 spiro atoms. The normalized spacial score (nSPS) is 11.7. The van der Waals surface area contributed by atoms with Gasteiger partial charge in [-0.2, -0.15) is 0 Å². The summed E-state index contributed by atoms with van der Waals surface area (Å²) in [6.45, 7) is 0.243. The monoisotopic (exact) mass is 715 g/mol. The number of unbranched alkanes of at least 4 members (excludes halogenated alkanes) is 4. The lowest BCUT2D eigenvalue weighted by atomic mass is 10.1. The third-order valence-corrected chi connectivity index (χ3v) is 7.72. The van der Waals surface area contributed by atoms with Crippen LogP contribution >= 0.6 is 0 Å². The Kier molecular flexibility index (Phi) is 19.6. The molecule has 15 heteroatoms. The van der Waals surface area contributed by atoms with Crippen LogP contribution in [0.25, 0.3) is 0 Å². The third-order valence-electron chi connectivity index (χ3n) is 7.72. The maximum absolute atomic E-state index is 13.1. The van der Waals surface area contributed by atoms with Crippen molar-refractivity contribution in [2.24, 2.45) is 0 Å². The van der Waals surface area contributed by atoms with Gasteiger partial charge in [0, 0.05) is 25.8 Å². The second-order valence-electron chi connectivity index (χ2n) is 11.7. The minimum atomic E-state index is -1.44. The molecule has 0 fully saturated rings. The first-order chi connectivity index (χ1) is 24.5. The number of hydrogen-bond acceptors (Lipinski definition) is 10. The first-order valence-corrected chi connectivity index (χ1v) is 16.9. The molecule has 0 radical (unpaired) electrons. The summed E-state index contributed by atoms with van der Waals surface area (Å²) in [5.41, 5.74) is 1.40. The molecule has 2 aromatic rings. The Morgan fingerprint density at radius 3 is 1.73 bits per heavy atom. The summed E-state index contributed by atoms with van der Waals surface area (Å²) >= 11 is 0. The predicted octanol–water partition coefficient (Wildman–Crippen LogP) is 4.10. The van der Waals surface area contributed by atoms with Crippen LogP contribution < -0.4 is 25.4 Å². The van der Waals surface area contributed by atoms with E-state index < -0.39 is 42.0 Å². The fourth-order valence-corrected chi connectivity index (χ4v) is 4.77. The van der Waals surface area contributed by atoms with Gasteiger partial charge in [-0.05, 0) is 73.9 Å². The Bertz CT molecular complexity index is 1400. The lowest BCUT2D eigenvalue weighted by Gasteiger charge is -2.20. The minimum absolute atomic E-state index is 0.0192. The van der Waals surface area contributed by atoms with Crippen LogP contribution in [-0.2, 0) is 46.7 Å². The van der Waals surface area contributed by atoms with Crippen molar-refractivity contribution in [1.29, 1.82) is 0 Å². The van der Waals surface area contributed by atoms with Gasteiger partial charge in [0.2, 0.25) is 5.91 Å². The van der Waals surface area contributed by atoms with Gasteiger partial charge in [-0.25, -0.2) is 14.4 Å². The number of urea groups is 1. The van der Waals surface area contributed by atoms with E-state index in [1.165, 1.54) is 14.2 Å². The molecule has 0 saturated carbocycles. The van der Waals surface area contributed by atoms with E-state index in [4.69, 9.17) is 24.1 Å². The Morgan fingerprint density at radius 1 is 0.627 bits per heavy atom. The van der Waals surface area contributed by atoms with Crippen LogP contribution in [0.5, 0.6) is 11.5 Å². The highest BCUT2D eigenvalue weighted by molar-refractivity contribution is 5.87. The Labute approximate surface area is 297 Å². The zero-order valence-corrected chi connectivity index (χ0v) is 29.1. The number of ether oxygens (including phenoxy) is 4. The van der Waals surface area contributed by atoms with E-state index in [0.29, 0.717) is 61.3 Å². The van der Waals surface area contributed by atoms with Gasteiger partial charge in [-0.1, -0.05) is 37.1 Å². The Morgan fingerprint density at radius 2 is 1.18 bits per heavy atom. The fourth-order valence-electron chi connectivity index (χ4n) is 4.77. The van der Waals surface area contributed by atoms with E-state index in [1.807, 2.05) is 0 Å². The molecule has 5 N–H and O–H groups in total. The summed E-state index contributed by atoms with van der Waals surface area (Å²) in [6.07, 6.45) is 3.67. The number of carbonyl (C=O) groups excluding carboxylic acids is 4. The summed E-state index contributed by atoms with van der Waals surface area (Å²) < 4.78 is 20.9. The van der Waals surface area contributed by atoms with E-state index in [-0.39, 0.29) is 44.8 Å². The molecule has 51 heavy (non-hydrogen) atoms. The average Bonchev–Trinajstić information content (AvgIpc) is 3.12. The van der Waals surface area contributed by atoms with Crippen LogP contribution in [0, 0.1) is 0 Å². The third kappa shape index (κ3) is 18.3. The maximum Gasteiger partial charge on any atom is 0.329 e. The quantitative estimate of drug-likeness (QED) is 0.0726. The van der Waals surface area contributed by atoms with Gasteiger partial charge >= 0.3 is 29.9 Å². The Balaban J connectivity index is 1.87. The molecule has 15 nitrogen and oxygen atoms in total. The highest BCUT2D eigenvalue weighted by Crippen LogP contribution is 2.14. The lowest BCUT2D eigenvalue weighted by molar-refractivity contribution is -0.147. The van der Waals surface area contributed by atoms with Gasteiger partial charge in [0.25, 0.3) is 0 Å². The number of amides is 3. The van der Waals surface area contributed by atoms with Crippen molar-refractivity contribution in [3.63, 3.8) is 0 Å². The van der Waals surface area contributed by atoms with Crippen molar-refractivity contribution < 1.29 is 57.9 Å². The number of benzene rings is 2. The number of methoxy groups -OCH3 is 2. The lowest BCUT2D eigenvalue weighted by Crippen LogP contribution is -2.51. The maximum atomic E-state index is 13.1. The standard InChI is InChI=1S/C36H49N3O12/c1-48-27-16-12-25(13-17-27)23-50-33(43)21-20-29(34(44)45)38-36(47)39-30(35(46)51-24-26-14-18-28(49-2)19-15-26)9-7-8-22-37-31(40)10-5-3-4-6-11-32(41)42/h12-19,29-30H,3-11,20-24H2,1-2H3,(H,37,40)(H,41,42)(H,44,45)(H2,38,39,47)/t29-,30-/m0/s1. The summed E-state index contributed by atoms with van der Waals surface area (Å²) in [5.74, 6) is -2.46. The highest BCUT2D eigenvalue weighted by Gasteiger charge is 2.26. The fraction of sp³-hybridized carbons (Fsp3) is 0.500. The molecule has 0 aromatic heterocycles. The van der Waals surface area contributed by atoms with Crippen molar-refractivity contribution >= 4 is 35.8 Å². The summed E-state index contributed by atoms with van der Waals surface area (Å²) in [5, 5.41) is 26.0. The minimum Gasteiger partial charge on any atom is -0.497 e. The van der Waals surface area contributed by atoms with Crippen LogP contribution in [0.4, 0.5) is 4.79 Å². The molecule has 2 atom stereocenters. The van der Waals surface area contributed by atoms with E-state index >= 15 is 0 Å². The number of carboxylic acids is 2. The molecule has 0 aliphatic rings. The SMILES string of the molecule is COc1ccc(COC(=O)CC[C@H](NC(=O)N[C@@H](CCCCNC(=O)CCCCCCC(=O)O)C(=O)OCc2ccc(OC)cc2)C(=O)O)cc1. The van der Waals surface area contributed by atoms with E-state index in [0.717, 1.165) is 12.8 Å². The van der Waals surface area contributed by atoms with Crippen LogP contribution in [0.2, 0.25) is 0 Å². The van der Waals surface area contributed by atoms with Crippen LogP contribution in [0.15, 0.2) is 48.5 Å². The number of carbonyl (C=O) groups is 6. The van der Waals surface area contributed by atoms with Gasteiger partial charge in [0.05, 0.1) is 14.2 Å². The van der Waals surface area contributed by atoms with Crippen LogP contribution in [0.1, 0.15) is 81.8 Å². The number of esters is 2. The second-order valence-corrected chi connectivity index (χ2v) is 11.7. The smallest absolute Gasteiger partial charge is 0.329 e. The van der Waals surface area contributed by atoms with Gasteiger partial charge in [0.1, 0.15) is 36.8 Å². The summed E-state index contributed by atoms with van der Waals surface area (Å²) in [4.78, 5) is 72.8. The number of hydrogen-bond donors (Lipinski definition) is 5.